The van der Waals surface area contributed by atoms with E-state index < -0.39 is 0 Å². The molecular formula is C66H66IrN8OPt-8. The Labute approximate surface area is 486 Å². The summed E-state index contributed by atoms with van der Waals surface area (Å²) in [5, 5.41) is 0. The van der Waals surface area contributed by atoms with Gasteiger partial charge in [0.1, 0.15) is 0 Å². The van der Waals surface area contributed by atoms with E-state index in [0.717, 1.165) is 54.4 Å². The third-order valence-corrected chi connectivity index (χ3v) is 14.3. The molecule has 11 heteroatoms. The summed E-state index contributed by atoms with van der Waals surface area (Å²) in [5.41, 5.74) is 19.7. The normalized spacial score (nSPS) is 13.6. The van der Waals surface area contributed by atoms with Gasteiger partial charge in [-0.25, -0.2) is 6.07 Å². The molecule has 0 bridgehead atoms. The van der Waals surface area contributed by atoms with Crippen LogP contribution >= 0.6 is 0 Å². The van der Waals surface area contributed by atoms with Crippen molar-refractivity contribution in [2.45, 2.75) is 92.9 Å². The average molecular weight is 1370 g/mol. The number of aryl methyl sites for hydroxylation is 4. The summed E-state index contributed by atoms with van der Waals surface area (Å²) >= 11 is 0. The Kier molecular flexibility index (Phi) is 17.4. The molecule has 9 nitrogen and oxygen atoms in total. The van der Waals surface area contributed by atoms with Crippen LogP contribution in [0, 0.1) is 78.0 Å². The Morgan fingerprint density at radius 3 is 1.51 bits per heavy atom. The van der Waals surface area contributed by atoms with Gasteiger partial charge in [-0.2, -0.15) is 85.7 Å². The number of benzene rings is 6. The maximum atomic E-state index is 6.01. The zero-order valence-electron chi connectivity index (χ0n) is 45.9. The van der Waals surface area contributed by atoms with Gasteiger partial charge in [0.05, 0.1) is 0 Å². The topological polar surface area (TPSA) is 54.5 Å². The Balaban J connectivity index is 0.000000218. The van der Waals surface area contributed by atoms with Crippen molar-refractivity contribution in [2.24, 2.45) is 0 Å². The molecule has 0 unspecified atom stereocenters. The second-order valence-corrected chi connectivity index (χ2v) is 21.8. The third kappa shape index (κ3) is 12.5. The van der Waals surface area contributed by atoms with Crippen LogP contribution in [-0.2, 0) is 52.0 Å². The zero-order chi connectivity index (χ0) is 52.6. The number of fused-ring (bicyclic) bond motifs is 3. The van der Waals surface area contributed by atoms with E-state index in [1.54, 1.807) is 24.5 Å². The number of aromatic nitrogens is 2. The molecule has 403 valence electrons. The van der Waals surface area contributed by atoms with Gasteiger partial charge in [-0.05, 0) is 132 Å². The molecule has 0 saturated heterocycles. The smallest absolute Gasteiger partial charge is 0.0329 e. The summed E-state index contributed by atoms with van der Waals surface area (Å²) in [5.74, 6) is 1.15. The van der Waals surface area contributed by atoms with Crippen molar-refractivity contribution in [3.05, 3.63) is 217 Å². The van der Waals surface area contributed by atoms with Crippen LogP contribution in [0.1, 0.15) is 87.8 Å². The molecule has 0 N–H and O–H groups in total. The molecule has 8 aromatic rings. The van der Waals surface area contributed by atoms with Crippen LogP contribution in [0.5, 0.6) is 11.5 Å². The molecule has 3 aliphatic heterocycles. The molecule has 1 radical (unpaired) electrons. The van der Waals surface area contributed by atoms with Crippen LogP contribution in [0.25, 0.3) is 11.4 Å². The van der Waals surface area contributed by atoms with Crippen LogP contribution in [-0.4, -0.2) is 30.1 Å². The number of hydrogen-bond donors (Lipinski definition) is 0. The number of pyridine rings is 2. The van der Waals surface area contributed by atoms with Gasteiger partial charge in [-0.3, -0.25) is 0 Å². The number of rotatable bonds is 11. The first-order valence-electron chi connectivity index (χ1n) is 25.9. The molecule has 3 aliphatic rings. The van der Waals surface area contributed by atoms with Crippen LogP contribution in [0.3, 0.4) is 0 Å². The number of anilines is 9. The van der Waals surface area contributed by atoms with E-state index in [0.29, 0.717) is 22.9 Å². The molecule has 77 heavy (non-hydrogen) atoms. The predicted octanol–water partition coefficient (Wildman–Crippen LogP) is 15.8. The molecular weight excluding hydrogens is 1310 g/mol. The first-order chi connectivity index (χ1) is 36.0. The van der Waals surface area contributed by atoms with Crippen LogP contribution in [0.15, 0.2) is 134 Å². The third-order valence-electron chi connectivity index (χ3n) is 14.3. The Morgan fingerprint density at radius 2 is 1.00 bits per heavy atom. The molecule has 11 rings (SSSR count). The van der Waals surface area contributed by atoms with Gasteiger partial charge in [0.15, 0.2) is 0 Å². The molecule has 6 aromatic carbocycles. The number of unbranched alkanes of at least 4 members (excludes halogenated alkanes) is 1. The molecule has 0 fully saturated rings. The fourth-order valence-electron chi connectivity index (χ4n) is 9.53. The summed E-state index contributed by atoms with van der Waals surface area (Å²) in [6.45, 7) is 30.9. The largest absolute Gasteiger partial charge is 0.510 e. The number of para-hydroxylation sites is 2. The maximum absolute atomic E-state index is 6.01. The molecule has 0 aliphatic carbocycles. The van der Waals surface area contributed by atoms with Gasteiger partial charge in [0.25, 0.3) is 0 Å². The maximum Gasteiger partial charge on any atom is 0.0329 e. The van der Waals surface area contributed by atoms with Gasteiger partial charge in [0.2, 0.25) is 0 Å². The fourth-order valence-corrected chi connectivity index (χ4v) is 9.53. The average Bonchev–Trinajstić information content (AvgIpc) is 4.06. The van der Waals surface area contributed by atoms with Gasteiger partial charge in [-0.1, -0.05) is 64.5 Å². The fraction of sp³-hybridized carbons (Fsp3) is 0.258. The van der Waals surface area contributed by atoms with Gasteiger partial charge < -0.3 is 44.1 Å². The minimum atomic E-state index is 0. The Morgan fingerprint density at radius 1 is 0.494 bits per heavy atom. The van der Waals surface area contributed by atoms with E-state index in [4.69, 9.17) is 4.74 Å². The van der Waals surface area contributed by atoms with Gasteiger partial charge in [0, 0.05) is 86.8 Å². The summed E-state index contributed by atoms with van der Waals surface area (Å²) in [7, 11) is 2.03. The Bertz CT molecular complexity index is 3170. The summed E-state index contributed by atoms with van der Waals surface area (Å²) in [4.78, 5) is 22.2. The van der Waals surface area contributed by atoms with Crippen LogP contribution in [0.4, 0.5) is 51.2 Å². The number of nitrogens with zero attached hydrogens (tertiary/aromatic N) is 8. The summed E-state index contributed by atoms with van der Waals surface area (Å²) < 4.78 is 6.01. The molecule has 0 amide bonds. The summed E-state index contributed by atoms with van der Waals surface area (Å²) in [6.07, 6.45) is 5.54. The standard InChI is InChI=1S/C42H50N4.C24H16N4O.Ir.Pt/c1-29-23-37-39(25-31(29)3)45(35-17-13-33(14-18-35)41(5,6)7)27-43(37)21-11-12-22-44-28-46(40-26-32(4)30(2)24-38(40)44)36-19-15-34(16-20-36)42(8,9)10;1-27-17-28(24-11-3-2-10-23(24)27)18-7-6-8-19(15-18)29-20-12-14-26-22(16-20)21-9-4-5-13-25-21;;/h13-17,19,23-28H,11-12,21-22H2,1-10H3;2-8,10-14,17H,1H3;;/q2*-4;;. The monoisotopic (exact) mass is 1370 g/mol. The van der Waals surface area contributed by atoms with E-state index in [1.807, 2.05) is 50.1 Å². The van der Waals surface area contributed by atoms with E-state index in [-0.39, 0.29) is 52.0 Å². The number of hydrogen-bond acceptors (Lipinski definition) is 9. The molecule has 0 atom stereocenters. The zero-order valence-corrected chi connectivity index (χ0v) is 50.6. The SMILES string of the molecule is CN1[CH-]N(c2[c-]c(Oc3[c-]c(-c4[c-]cccn4)ncc3)ccc2)c2ccccc21.Cc1cc2c(cc1C)N(c1[c-]cc(C(C)(C)C)cc1)[CH-]N2CCCCN1[CH-]N(c2[c-]cc(C(C)(C)C)cc2)c2cc(C)c(C)cc21.[Ir].[Pt]. The van der Waals surface area contributed by atoms with E-state index in [2.05, 4.69) is 225 Å². The predicted molar refractivity (Wildman–Crippen MR) is 308 cm³/mol. The van der Waals surface area contributed by atoms with Crippen LogP contribution < -0.4 is 34.1 Å². The minimum Gasteiger partial charge on any atom is -0.510 e. The van der Waals surface area contributed by atoms with Crippen LogP contribution in [0.2, 0.25) is 0 Å². The first-order valence-corrected chi connectivity index (χ1v) is 25.9. The molecule has 5 heterocycles. The minimum absolute atomic E-state index is 0. The van der Waals surface area contributed by atoms with Crippen molar-refractivity contribution in [3.63, 3.8) is 0 Å². The quantitative estimate of drug-likeness (QED) is 0.0931. The number of ether oxygens (including phenoxy) is 1. The van der Waals surface area contributed by atoms with Crippen molar-refractivity contribution < 1.29 is 45.9 Å². The van der Waals surface area contributed by atoms with E-state index >= 15 is 0 Å². The van der Waals surface area contributed by atoms with E-state index in [1.165, 1.54) is 56.1 Å². The second-order valence-electron chi connectivity index (χ2n) is 21.8. The first kappa shape index (κ1) is 56.8. The van der Waals surface area contributed by atoms with Gasteiger partial charge >= 0.3 is 0 Å². The summed E-state index contributed by atoms with van der Waals surface area (Å²) in [6, 6.07) is 58.7. The molecule has 0 spiro atoms. The molecule has 2 aromatic heterocycles. The van der Waals surface area contributed by atoms with E-state index in [9.17, 15) is 0 Å². The van der Waals surface area contributed by atoms with Crippen molar-refractivity contribution in [3.8, 4) is 22.9 Å². The van der Waals surface area contributed by atoms with Gasteiger partial charge in [-0.15, -0.1) is 70.9 Å². The van der Waals surface area contributed by atoms with Crippen molar-refractivity contribution >= 4 is 51.2 Å². The van der Waals surface area contributed by atoms with Crippen molar-refractivity contribution in [1.82, 2.24) is 9.97 Å². The second kappa shape index (κ2) is 23.7. The Hall–Kier alpha value is -6.44. The molecule has 0 saturated carbocycles. The van der Waals surface area contributed by atoms with Crippen molar-refractivity contribution in [1.29, 1.82) is 0 Å². The van der Waals surface area contributed by atoms with Crippen molar-refractivity contribution in [2.75, 3.05) is 49.5 Å².